The fourth-order valence-electron chi connectivity index (χ4n) is 4.47. The van der Waals surface area contributed by atoms with Crippen molar-refractivity contribution in [3.8, 4) is 0 Å². The molecule has 42 valence electrons. The van der Waals surface area contributed by atoms with Crippen molar-refractivity contribution in [1.82, 2.24) is 0 Å². The van der Waals surface area contributed by atoms with Crippen LogP contribution >= 0.6 is 0 Å². The summed E-state index contributed by atoms with van der Waals surface area (Å²) in [5, 5.41) is 0. The summed E-state index contributed by atoms with van der Waals surface area (Å²) in [6, 6.07) is 0. The fourth-order valence-corrected chi connectivity index (χ4v) is 4.47. The predicted molar refractivity (Wildman–Crippen MR) is 30.3 cm³/mol. The molecule has 0 amide bonds. The Balaban J connectivity index is 2.12. The Bertz CT molecular complexity index is 179. The van der Waals surface area contributed by atoms with E-state index >= 15 is 0 Å². The molecule has 0 N–H and O–H groups in total. The highest BCUT2D eigenvalue weighted by molar-refractivity contribution is 5.43. The van der Waals surface area contributed by atoms with Crippen molar-refractivity contribution in [3.63, 3.8) is 0 Å². The highest BCUT2D eigenvalue weighted by Gasteiger charge is 2.95. The average Bonchev–Trinajstić information content (AvgIpc) is 1.99. The Kier molecular flexibility index (Phi) is 0.211. The van der Waals surface area contributed by atoms with Gasteiger partial charge in [0.25, 0.3) is 0 Å². The zero-order chi connectivity index (χ0) is 4.98. The summed E-state index contributed by atoms with van der Waals surface area (Å²) in [5.74, 6) is 2.53. The molecule has 0 aromatic rings. The van der Waals surface area contributed by atoms with Gasteiger partial charge >= 0.3 is 0 Å². The van der Waals surface area contributed by atoms with Crippen molar-refractivity contribution < 1.29 is 0 Å². The molecule has 6 saturated carbocycles. The third-order valence-electron chi connectivity index (χ3n) is 4.89. The van der Waals surface area contributed by atoms with Crippen LogP contribution in [0.3, 0.4) is 0 Å². The van der Waals surface area contributed by atoms with Gasteiger partial charge in [-0.3, -0.25) is 0 Å². The number of fused-ring (bicyclic) bond motifs is 1. The number of rotatable bonds is 0. The Morgan fingerprint density at radius 3 is 2.25 bits per heavy atom. The van der Waals surface area contributed by atoms with E-state index in [9.17, 15) is 0 Å². The smallest absolute Gasteiger partial charge is 0.0198 e. The van der Waals surface area contributed by atoms with E-state index in [1.165, 1.54) is 11.8 Å². The van der Waals surface area contributed by atoms with Crippen LogP contribution in [0.4, 0.5) is 0 Å². The Hall–Kier alpha value is 0. The molecule has 0 saturated heterocycles. The molecule has 8 heavy (non-hydrogen) atoms. The van der Waals surface area contributed by atoms with E-state index in [1.54, 1.807) is 25.7 Å². The summed E-state index contributed by atoms with van der Waals surface area (Å²) < 4.78 is 0. The fraction of sp³-hybridized carbons (Fsp3) is 1.00. The first-order valence-corrected chi connectivity index (χ1v) is 3.89. The highest BCUT2D eigenvalue weighted by Crippen LogP contribution is 3.02. The second-order valence-electron chi connectivity index (χ2n) is 4.44. The van der Waals surface area contributed by atoms with E-state index in [1.807, 2.05) is 0 Å². The van der Waals surface area contributed by atoms with E-state index in [0.29, 0.717) is 0 Å². The van der Waals surface area contributed by atoms with Gasteiger partial charge in [-0.05, 0) is 48.3 Å². The second-order valence-corrected chi connectivity index (χ2v) is 4.44. The van der Waals surface area contributed by atoms with Gasteiger partial charge in [0.2, 0.25) is 0 Å². The zero-order valence-electron chi connectivity index (χ0n) is 4.98. The van der Waals surface area contributed by atoms with Gasteiger partial charge in [-0.2, -0.15) is 0 Å². The lowest BCUT2D eigenvalue weighted by molar-refractivity contribution is -0.104. The standard InChI is InChI=1S/C8H10/c1-2-7-4-8(7)3-6(7)5(1)8/h5-6H,1-4H2/t5-,6+,7-,8+/m0/s1. The first-order valence-electron chi connectivity index (χ1n) is 3.89. The van der Waals surface area contributed by atoms with Crippen molar-refractivity contribution in [2.75, 3.05) is 0 Å². The first-order chi connectivity index (χ1) is 3.89. The SMILES string of the molecule is C1C[C@@]23C[C@@]24C[C@@H]3[C@H]14. The van der Waals surface area contributed by atoms with Gasteiger partial charge in [0.15, 0.2) is 0 Å². The van der Waals surface area contributed by atoms with Gasteiger partial charge in [0.05, 0.1) is 0 Å². The van der Waals surface area contributed by atoms with Gasteiger partial charge < -0.3 is 0 Å². The Labute approximate surface area is 49.3 Å². The molecular formula is C8H10. The first kappa shape index (κ1) is 3.24. The molecule has 6 aliphatic rings. The largest absolute Gasteiger partial charge is 0.0490 e. The summed E-state index contributed by atoms with van der Waals surface area (Å²) in [4.78, 5) is 0. The van der Waals surface area contributed by atoms with Crippen molar-refractivity contribution in [2.45, 2.75) is 25.7 Å². The van der Waals surface area contributed by atoms with E-state index in [2.05, 4.69) is 0 Å². The number of hydrogen-bond acceptors (Lipinski definition) is 0. The molecule has 0 nitrogen and oxygen atoms in total. The van der Waals surface area contributed by atoms with Gasteiger partial charge in [0.1, 0.15) is 0 Å². The van der Waals surface area contributed by atoms with Crippen LogP contribution in [-0.4, -0.2) is 0 Å². The molecule has 0 aliphatic heterocycles. The van der Waals surface area contributed by atoms with Crippen LogP contribution in [0, 0.1) is 22.7 Å². The topological polar surface area (TPSA) is 0 Å². The van der Waals surface area contributed by atoms with Crippen molar-refractivity contribution in [3.05, 3.63) is 0 Å². The van der Waals surface area contributed by atoms with E-state index < -0.39 is 0 Å². The molecule has 0 aromatic heterocycles. The molecule has 0 heteroatoms. The molecule has 4 atom stereocenters. The molecule has 6 rings (SSSR count). The van der Waals surface area contributed by atoms with E-state index in [4.69, 9.17) is 0 Å². The minimum absolute atomic E-state index is 1.04. The molecule has 0 heterocycles. The average molecular weight is 106 g/mol. The maximum Gasteiger partial charge on any atom is -0.0198 e. The zero-order valence-corrected chi connectivity index (χ0v) is 4.98. The maximum absolute atomic E-state index is 1.66. The molecule has 6 aliphatic carbocycles. The summed E-state index contributed by atoms with van der Waals surface area (Å²) in [6.45, 7) is 0. The minimum Gasteiger partial charge on any atom is -0.0490 e. The quantitative estimate of drug-likeness (QED) is 0.441. The summed E-state index contributed by atoms with van der Waals surface area (Å²) in [7, 11) is 0. The lowest BCUT2D eigenvalue weighted by Gasteiger charge is -2.58. The lowest BCUT2D eigenvalue weighted by atomic mass is 9.46. The van der Waals surface area contributed by atoms with Gasteiger partial charge in [0, 0.05) is 0 Å². The monoisotopic (exact) mass is 106 g/mol. The number of hydrogen-bond donors (Lipinski definition) is 0. The van der Waals surface area contributed by atoms with E-state index in [0.717, 1.165) is 10.8 Å². The van der Waals surface area contributed by atoms with Crippen LogP contribution in [0.1, 0.15) is 25.7 Å². The van der Waals surface area contributed by atoms with Crippen LogP contribution in [0.15, 0.2) is 0 Å². The summed E-state index contributed by atoms with van der Waals surface area (Å²) in [5.41, 5.74) is 2.08. The minimum atomic E-state index is 1.04. The normalized spacial score (nSPS) is 87.0. The van der Waals surface area contributed by atoms with Crippen molar-refractivity contribution in [1.29, 1.82) is 0 Å². The molecule has 0 aromatic carbocycles. The van der Waals surface area contributed by atoms with Crippen molar-refractivity contribution >= 4 is 0 Å². The lowest BCUT2D eigenvalue weighted by Crippen LogP contribution is -2.53. The Morgan fingerprint density at radius 1 is 1.12 bits per heavy atom. The van der Waals surface area contributed by atoms with Gasteiger partial charge in [-0.15, -0.1) is 0 Å². The molecule has 0 unspecified atom stereocenters. The van der Waals surface area contributed by atoms with Gasteiger partial charge in [-0.25, -0.2) is 0 Å². The highest BCUT2D eigenvalue weighted by atomic mass is 15.0. The van der Waals surface area contributed by atoms with Crippen LogP contribution in [0.5, 0.6) is 0 Å². The van der Waals surface area contributed by atoms with Crippen LogP contribution in [0.25, 0.3) is 0 Å². The van der Waals surface area contributed by atoms with Crippen LogP contribution in [0.2, 0.25) is 0 Å². The molecule has 4 bridgehead atoms. The summed E-state index contributed by atoms with van der Waals surface area (Å²) in [6.07, 6.45) is 6.56. The maximum atomic E-state index is 1.66. The summed E-state index contributed by atoms with van der Waals surface area (Å²) >= 11 is 0. The molecule has 2 spiro atoms. The Morgan fingerprint density at radius 2 is 2.12 bits per heavy atom. The molecule has 0 radical (unpaired) electrons. The van der Waals surface area contributed by atoms with Crippen LogP contribution < -0.4 is 0 Å². The third-order valence-corrected chi connectivity index (χ3v) is 4.89. The van der Waals surface area contributed by atoms with Crippen LogP contribution in [-0.2, 0) is 0 Å². The van der Waals surface area contributed by atoms with Gasteiger partial charge in [-0.1, -0.05) is 0 Å². The predicted octanol–water partition coefficient (Wildman–Crippen LogP) is 1.81. The molecule has 6 fully saturated rings. The van der Waals surface area contributed by atoms with E-state index in [-0.39, 0.29) is 0 Å². The second kappa shape index (κ2) is 0.521. The van der Waals surface area contributed by atoms with Crippen molar-refractivity contribution in [2.24, 2.45) is 22.7 Å². The third kappa shape index (κ3) is 0.0938. The molecular weight excluding hydrogens is 96.1 g/mol.